The quantitative estimate of drug-likeness (QED) is 0.910. The Labute approximate surface area is 134 Å². The third-order valence-corrected chi connectivity index (χ3v) is 4.52. The molecule has 0 saturated carbocycles. The maximum atomic E-state index is 3.74. The summed E-state index contributed by atoms with van der Waals surface area (Å²) in [4.78, 5) is 2.47. The minimum absolute atomic E-state index is 0.590. The van der Waals surface area contributed by atoms with E-state index in [2.05, 4.69) is 77.9 Å². The molecule has 0 aliphatic carbocycles. The first-order valence-corrected chi connectivity index (χ1v) is 8.29. The summed E-state index contributed by atoms with van der Waals surface area (Å²) in [5.74, 6) is 0.745. The van der Waals surface area contributed by atoms with E-state index in [-0.39, 0.29) is 0 Å². The molecule has 1 N–H and O–H groups in total. The lowest BCUT2D eigenvalue weighted by Gasteiger charge is -2.36. The zero-order valence-electron chi connectivity index (χ0n) is 13.4. The zero-order valence-corrected chi connectivity index (χ0v) is 13.4. The lowest BCUT2D eigenvalue weighted by Crippen LogP contribution is -2.47. The van der Waals surface area contributed by atoms with Crippen molar-refractivity contribution in [2.24, 2.45) is 5.92 Å². The second kappa shape index (κ2) is 7.57. The lowest BCUT2D eigenvalue weighted by atomic mass is 9.89. The van der Waals surface area contributed by atoms with Gasteiger partial charge in [-0.15, -0.1) is 0 Å². The van der Waals surface area contributed by atoms with Crippen molar-refractivity contribution in [2.45, 2.75) is 25.4 Å². The molecule has 2 nitrogen and oxygen atoms in total. The van der Waals surface area contributed by atoms with Gasteiger partial charge in [0.25, 0.3) is 0 Å². The zero-order chi connectivity index (χ0) is 15.2. The molecule has 1 saturated heterocycles. The second-order valence-electron chi connectivity index (χ2n) is 6.58. The fourth-order valence-electron chi connectivity index (χ4n) is 3.54. The average molecular weight is 294 g/mol. The molecule has 116 valence electrons. The van der Waals surface area contributed by atoms with Crippen LogP contribution in [0, 0.1) is 5.92 Å². The van der Waals surface area contributed by atoms with E-state index in [4.69, 9.17) is 0 Å². The topological polar surface area (TPSA) is 15.3 Å². The average Bonchev–Trinajstić information content (AvgIpc) is 2.54. The number of piperidine rings is 1. The van der Waals surface area contributed by atoms with Crippen LogP contribution in [0.4, 0.5) is 0 Å². The molecule has 2 aromatic rings. The van der Waals surface area contributed by atoms with Crippen molar-refractivity contribution in [1.82, 2.24) is 10.2 Å². The van der Waals surface area contributed by atoms with Crippen LogP contribution in [0.1, 0.15) is 17.5 Å². The summed E-state index contributed by atoms with van der Waals surface area (Å²) in [6.45, 7) is 3.33. The van der Waals surface area contributed by atoms with Gasteiger partial charge in [-0.2, -0.15) is 0 Å². The number of likely N-dealkylation sites (N-methyl/N-ethyl adjacent to an activating group) is 1. The second-order valence-corrected chi connectivity index (χ2v) is 6.58. The van der Waals surface area contributed by atoms with E-state index in [1.165, 1.54) is 30.5 Å². The van der Waals surface area contributed by atoms with Gasteiger partial charge in [0, 0.05) is 25.7 Å². The smallest absolute Gasteiger partial charge is 0.0208 e. The number of hydrogen-bond donors (Lipinski definition) is 1. The maximum Gasteiger partial charge on any atom is 0.0208 e. The van der Waals surface area contributed by atoms with E-state index in [1.54, 1.807) is 0 Å². The van der Waals surface area contributed by atoms with E-state index in [9.17, 15) is 0 Å². The fraction of sp³-hybridized carbons (Fsp3) is 0.400. The highest BCUT2D eigenvalue weighted by molar-refractivity contribution is 5.16. The van der Waals surface area contributed by atoms with E-state index in [0.717, 1.165) is 19.0 Å². The van der Waals surface area contributed by atoms with Crippen LogP contribution < -0.4 is 5.32 Å². The van der Waals surface area contributed by atoms with Gasteiger partial charge >= 0.3 is 0 Å². The predicted molar refractivity (Wildman–Crippen MR) is 92.8 cm³/mol. The Hall–Kier alpha value is -1.64. The van der Waals surface area contributed by atoms with Crippen molar-refractivity contribution in [3.8, 4) is 0 Å². The van der Waals surface area contributed by atoms with Crippen molar-refractivity contribution in [3.63, 3.8) is 0 Å². The van der Waals surface area contributed by atoms with Crippen LogP contribution in [-0.2, 0) is 13.0 Å². The number of nitrogens with zero attached hydrogens (tertiary/aromatic N) is 1. The van der Waals surface area contributed by atoms with Crippen LogP contribution in [0.5, 0.6) is 0 Å². The SMILES string of the molecule is CN1CC(Cc2ccccc2)CC(NCc2ccccc2)C1. The molecule has 0 aromatic heterocycles. The minimum Gasteiger partial charge on any atom is -0.309 e. The van der Waals surface area contributed by atoms with Crippen molar-refractivity contribution in [1.29, 1.82) is 0 Å². The third-order valence-electron chi connectivity index (χ3n) is 4.52. The van der Waals surface area contributed by atoms with Crippen molar-refractivity contribution < 1.29 is 0 Å². The highest BCUT2D eigenvalue weighted by Gasteiger charge is 2.24. The normalized spacial score (nSPS) is 22.6. The molecular weight excluding hydrogens is 268 g/mol. The first-order chi connectivity index (χ1) is 10.8. The van der Waals surface area contributed by atoms with Gasteiger partial charge in [0.2, 0.25) is 0 Å². The van der Waals surface area contributed by atoms with Gasteiger partial charge in [-0.25, -0.2) is 0 Å². The number of hydrogen-bond acceptors (Lipinski definition) is 2. The summed E-state index contributed by atoms with van der Waals surface area (Å²) in [7, 11) is 2.24. The number of rotatable bonds is 5. The van der Waals surface area contributed by atoms with Gasteiger partial charge in [0.1, 0.15) is 0 Å². The van der Waals surface area contributed by atoms with Crippen molar-refractivity contribution in [3.05, 3.63) is 71.8 Å². The highest BCUT2D eigenvalue weighted by atomic mass is 15.1. The Morgan fingerprint density at radius 2 is 1.55 bits per heavy atom. The van der Waals surface area contributed by atoms with E-state index in [1.807, 2.05) is 0 Å². The summed E-state index contributed by atoms with van der Waals surface area (Å²) < 4.78 is 0. The monoisotopic (exact) mass is 294 g/mol. The molecule has 1 aliphatic heterocycles. The Morgan fingerprint density at radius 3 is 2.23 bits per heavy atom. The standard InChI is InChI=1S/C20H26N2/c1-22-15-19(12-17-8-4-2-5-9-17)13-20(16-22)21-14-18-10-6-3-7-11-18/h2-11,19-21H,12-16H2,1H3. The first kappa shape index (κ1) is 15.3. The summed E-state index contributed by atoms with van der Waals surface area (Å²) in [5.41, 5.74) is 2.83. The van der Waals surface area contributed by atoms with Crippen LogP contribution >= 0.6 is 0 Å². The number of likely N-dealkylation sites (tertiary alicyclic amines) is 1. The van der Waals surface area contributed by atoms with Gasteiger partial charge < -0.3 is 10.2 Å². The molecule has 0 radical (unpaired) electrons. The van der Waals surface area contributed by atoms with Gasteiger partial charge in [0.15, 0.2) is 0 Å². The fourth-order valence-corrected chi connectivity index (χ4v) is 3.54. The number of nitrogens with one attached hydrogen (secondary N) is 1. The van der Waals surface area contributed by atoms with Gasteiger partial charge in [-0.1, -0.05) is 60.7 Å². The molecule has 3 rings (SSSR count). The van der Waals surface area contributed by atoms with Gasteiger partial charge in [-0.3, -0.25) is 0 Å². The molecule has 1 aliphatic rings. The molecule has 22 heavy (non-hydrogen) atoms. The molecule has 0 bridgehead atoms. The minimum atomic E-state index is 0.590. The van der Waals surface area contributed by atoms with E-state index < -0.39 is 0 Å². The molecular formula is C20H26N2. The van der Waals surface area contributed by atoms with Crippen LogP contribution in [0.25, 0.3) is 0 Å². The summed E-state index contributed by atoms with van der Waals surface area (Å²) >= 11 is 0. The molecule has 1 fully saturated rings. The molecule has 0 amide bonds. The van der Waals surface area contributed by atoms with Gasteiger partial charge in [-0.05, 0) is 36.9 Å². The van der Waals surface area contributed by atoms with E-state index >= 15 is 0 Å². The summed E-state index contributed by atoms with van der Waals surface area (Å²) in [5, 5.41) is 3.74. The number of benzene rings is 2. The Kier molecular flexibility index (Phi) is 5.25. The lowest BCUT2D eigenvalue weighted by molar-refractivity contribution is 0.168. The third kappa shape index (κ3) is 4.43. The maximum absolute atomic E-state index is 3.74. The summed E-state index contributed by atoms with van der Waals surface area (Å²) in [6, 6.07) is 22.2. The molecule has 1 heterocycles. The highest BCUT2D eigenvalue weighted by Crippen LogP contribution is 2.20. The Bertz CT molecular complexity index is 552. The molecule has 2 unspecified atom stereocenters. The molecule has 2 atom stereocenters. The van der Waals surface area contributed by atoms with Crippen LogP contribution in [0.2, 0.25) is 0 Å². The van der Waals surface area contributed by atoms with Crippen molar-refractivity contribution >= 4 is 0 Å². The Balaban J connectivity index is 1.54. The molecule has 2 heteroatoms. The molecule has 0 spiro atoms. The van der Waals surface area contributed by atoms with Crippen LogP contribution in [-0.4, -0.2) is 31.1 Å². The van der Waals surface area contributed by atoms with Crippen LogP contribution in [0.15, 0.2) is 60.7 Å². The van der Waals surface area contributed by atoms with Gasteiger partial charge in [0.05, 0.1) is 0 Å². The van der Waals surface area contributed by atoms with Crippen molar-refractivity contribution in [2.75, 3.05) is 20.1 Å². The molecule has 2 aromatic carbocycles. The Morgan fingerprint density at radius 1 is 0.909 bits per heavy atom. The largest absolute Gasteiger partial charge is 0.309 e. The summed E-state index contributed by atoms with van der Waals surface area (Å²) in [6.07, 6.45) is 2.46. The predicted octanol–water partition coefficient (Wildman–Crippen LogP) is 3.34. The van der Waals surface area contributed by atoms with Crippen LogP contribution in [0.3, 0.4) is 0 Å². The first-order valence-electron chi connectivity index (χ1n) is 8.29. The van der Waals surface area contributed by atoms with E-state index in [0.29, 0.717) is 6.04 Å².